The maximum Gasteiger partial charge on any atom is 0.228 e. The fourth-order valence-electron chi connectivity index (χ4n) is 2.37. The van der Waals surface area contributed by atoms with Crippen molar-refractivity contribution in [2.45, 2.75) is 27.2 Å². The third kappa shape index (κ3) is 3.75. The van der Waals surface area contributed by atoms with E-state index in [1.165, 1.54) is 6.92 Å². The number of hydrogen-bond acceptors (Lipinski definition) is 2. The highest BCUT2D eigenvalue weighted by Gasteiger charge is 2.11. The quantitative estimate of drug-likeness (QED) is 0.912. The van der Waals surface area contributed by atoms with Gasteiger partial charge in [0.25, 0.3) is 0 Å². The van der Waals surface area contributed by atoms with Crippen LogP contribution in [0.5, 0.6) is 0 Å². The van der Waals surface area contributed by atoms with Gasteiger partial charge in [0.05, 0.1) is 6.42 Å². The fourth-order valence-corrected chi connectivity index (χ4v) is 2.37. The van der Waals surface area contributed by atoms with Gasteiger partial charge in [-0.1, -0.05) is 6.07 Å². The summed E-state index contributed by atoms with van der Waals surface area (Å²) in [5.74, 6) is -0.215. The third-order valence-electron chi connectivity index (χ3n) is 3.70. The predicted octanol–water partition coefficient (Wildman–Crippen LogP) is 2.78. The summed E-state index contributed by atoms with van der Waals surface area (Å²) in [6, 6.07) is 9.14. The zero-order valence-corrected chi connectivity index (χ0v) is 13.4. The fraction of sp³-hybridized carbons (Fsp3) is 0.294. The minimum Gasteiger partial charge on any atom is -0.352 e. The SMILES string of the molecule is CC(=O)Nc1cccc(NC(=O)Cc2cc(C)n(C)c2C)c1. The smallest absolute Gasteiger partial charge is 0.228 e. The summed E-state index contributed by atoms with van der Waals surface area (Å²) in [7, 11) is 1.99. The first-order chi connectivity index (χ1) is 10.4. The second-order valence-electron chi connectivity index (χ2n) is 5.44. The summed E-state index contributed by atoms with van der Waals surface area (Å²) in [6.07, 6.45) is 0.331. The van der Waals surface area contributed by atoms with Crippen molar-refractivity contribution in [1.82, 2.24) is 4.57 Å². The summed E-state index contributed by atoms with van der Waals surface area (Å²) in [4.78, 5) is 23.2. The first-order valence-electron chi connectivity index (χ1n) is 7.16. The molecular weight excluding hydrogens is 278 g/mol. The molecule has 2 amide bonds. The van der Waals surface area contributed by atoms with Gasteiger partial charge in [-0.2, -0.15) is 0 Å². The Morgan fingerprint density at radius 3 is 2.27 bits per heavy atom. The van der Waals surface area contributed by atoms with Gasteiger partial charge in [-0.15, -0.1) is 0 Å². The minimum absolute atomic E-state index is 0.0753. The Morgan fingerprint density at radius 1 is 1.09 bits per heavy atom. The van der Waals surface area contributed by atoms with Gasteiger partial charge in [-0.25, -0.2) is 0 Å². The third-order valence-corrected chi connectivity index (χ3v) is 3.70. The Labute approximate surface area is 130 Å². The van der Waals surface area contributed by atoms with E-state index in [1.807, 2.05) is 27.0 Å². The molecule has 2 rings (SSSR count). The lowest BCUT2D eigenvalue weighted by Crippen LogP contribution is -2.15. The van der Waals surface area contributed by atoms with Crippen LogP contribution in [0.15, 0.2) is 30.3 Å². The standard InChI is InChI=1S/C17H21N3O2/c1-11-8-14(12(2)20(11)4)9-17(22)19-16-7-5-6-15(10-16)18-13(3)21/h5-8,10H,9H2,1-4H3,(H,18,21)(H,19,22). The molecule has 0 aliphatic heterocycles. The summed E-state index contributed by atoms with van der Waals surface area (Å²) >= 11 is 0. The molecule has 1 aromatic heterocycles. The van der Waals surface area contributed by atoms with Crippen LogP contribution in [0.25, 0.3) is 0 Å². The Balaban J connectivity index is 2.05. The second-order valence-corrected chi connectivity index (χ2v) is 5.44. The average Bonchev–Trinajstić information content (AvgIpc) is 2.66. The van der Waals surface area contributed by atoms with E-state index in [-0.39, 0.29) is 11.8 Å². The van der Waals surface area contributed by atoms with E-state index in [0.717, 1.165) is 17.0 Å². The molecule has 0 unspecified atom stereocenters. The van der Waals surface area contributed by atoms with Gasteiger partial charge in [0.15, 0.2) is 0 Å². The number of benzene rings is 1. The Morgan fingerprint density at radius 2 is 1.73 bits per heavy atom. The topological polar surface area (TPSA) is 63.1 Å². The first kappa shape index (κ1) is 15.8. The summed E-state index contributed by atoms with van der Waals surface area (Å²) < 4.78 is 2.07. The molecule has 2 N–H and O–H groups in total. The van der Waals surface area contributed by atoms with Gasteiger partial charge in [0, 0.05) is 36.7 Å². The molecule has 1 heterocycles. The normalized spacial score (nSPS) is 10.4. The molecule has 0 atom stereocenters. The van der Waals surface area contributed by atoms with Crippen LogP contribution in [0.4, 0.5) is 11.4 Å². The molecule has 0 bridgehead atoms. The van der Waals surface area contributed by atoms with Crippen molar-refractivity contribution in [3.63, 3.8) is 0 Å². The van der Waals surface area contributed by atoms with Crippen molar-refractivity contribution in [2.75, 3.05) is 10.6 Å². The second kappa shape index (κ2) is 6.47. The molecule has 1 aromatic carbocycles. The number of aromatic nitrogens is 1. The zero-order chi connectivity index (χ0) is 16.3. The predicted molar refractivity (Wildman–Crippen MR) is 88.0 cm³/mol. The molecule has 0 aliphatic rings. The van der Waals surface area contributed by atoms with Crippen molar-refractivity contribution in [3.8, 4) is 0 Å². The number of rotatable bonds is 4. The van der Waals surface area contributed by atoms with E-state index in [9.17, 15) is 9.59 Å². The molecule has 2 aromatic rings. The summed E-state index contributed by atoms with van der Waals surface area (Å²) in [5, 5.41) is 5.55. The van der Waals surface area contributed by atoms with Gasteiger partial charge in [0.1, 0.15) is 0 Å². The van der Waals surface area contributed by atoms with E-state index >= 15 is 0 Å². The van der Waals surface area contributed by atoms with Gasteiger partial charge in [-0.05, 0) is 43.7 Å². The number of carbonyl (C=O) groups excluding carboxylic acids is 2. The molecular formula is C17H21N3O2. The number of amides is 2. The van der Waals surface area contributed by atoms with Crippen LogP contribution in [0.2, 0.25) is 0 Å². The summed E-state index contributed by atoms with van der Waals surface area (Å²) in [6.45, 7) is 5.48. The zero-order valence-electron chi connectivity index (χ0n) is 13.4. The van der Waals surface area contributed by atoms with Gasteiger partial charge < -0.3 is 15.2 Å². The van der Waals surface area contributed by atoms with E-state index in [2.05, 4.69) is 15.2 Å². The van der Waals surface area contributed by atoms with Crippen LogP contribution in [-0.2, 0) is 23.1 Å². The van der Waals surface area contributed by atoms with Crippen LogP contribution in [-0.4, -0.2) is 16.4 Å². The van der Waals surface area contributed by atoms with Crippen LogP contribution in [0.3, 0.4) is 0 Å². The Kier molecular flexibility index (Phi) is 4.65. The minimum atomic E-state index is -0.140. The first-order valence-corrected chi connectivity index (χ1v) is 7.16. The van der Waals surface area contributed by atoms with Crippen molar-refractivity contribution in [3.05, 3.63) is 47.3 Å². The molecule has 0 radical (unpaired) electrons. The molecule has 22 heavy (non-hydrogen) atoms. The van der Waals surface area contributed by atoms with Crippen molar-refractivity contribution < 1.29 is 9.59 Å². The highest BCUT2D eigenvalue weighted by Crippen LogP contribution is 2.17. The summed E-state index contributed by atoms with van der Waals surface area (Å²) in [5.41, 5.74) is 4.58. The Bertz CT molecular complexity index is 717. The van der Waals surface area contributed by atoms with Crippen molar-refractivity contribution >= 4 is 23.2 Å². The van der Waals surface area contributed by atoms with Crippen LogP contribution < -0.4 is 10.6 Å². The molecule has 0 saturated carbocycles. The lowest BCUT2D eigenvalue weighted by molar-refractivity contribution is -0.116. The number of hydrogen-bond donors (Lipinski definition) is 2. The maximum absolute atomic E-state index is 12.2. The van der Waals surface area contributed by atoms with Crippen LogP contribution >= 0.6 is 0 Å². The van der Waals surface area contributed by atoms with Crippen molar-refractivity contribution in [1.29, 1.82) is 0 Å². The van der Waals surface area contributed by atoms with Crippen LogP contribution in [0, 0.1) is 13.8 Å². The number of anilines is 2. The molecule has 0 aliphatic carbocycles. The highest BCUT2D eigenvalue weighted by atomic mass is 16.2. The Hall–Kier alpha value is -2.56. The molecule has 0 spiro atoms. The number of nitrogens with zero attached hydrogens (tertiary/aromatic N) is 1. The maximum atomic E-state index is 12.2. The largest absolute Gasteiger partial charge is 0.352 e. The van der Waals surface area contributed by atoms with E-state index < -0.39 is 0 Å². The molecule has 0 fully saturated rings. The van der Waals surface area contributed by atoms with Gasteiger partial charge in [0.2, 0.25) is 11.8 Å². The highest BCUT2D eigenvalue weighted by molar-refractivity contribution is 5.94. The number of nitrogens with one attached hydrogen (secondary N) is 2. The van der Waals surface area contributed by atoms with Crippen molar-refractivity contribution in [2.24, 2.45) is 7.05 Å². The van der Waals surface area contributed by atoms with E-state index in [0.29, 0.717) is 17.8 Å². The van der Waals surface area contributed by atoms with E-state index in [1.54, 1.807) is 24.3 Å². The molecule has 5 nitrogen and oxygen atoms in total. The monoisotopic (exact) mass is 299 g/mol. The molecule has 116 valence electrons. The van der Waals surface area contributed by atoms with Gasteiger partial charge in [-0.3, -0.25) is 9.59 Å². The number of carbonyl (C=O) groups is 2. The molecule has 0 saturated heterocycles. The van der Waals surface area contributed by atoms with E-state index in [4.69, 9.17) is 0 Å². The number of aryl methyl sites for hydroxylation is 1. The average molecular weight is 299 g/mol. The molecule has 5 heteroatoms. The lowest BCUT2D eigenvalue weighted by Gasteiger charge is -2.08. The van der Waals surface area contributed by atoms with Gasteiger partial charge >= 0.3 is 0 Å². The lowest BCUT2D eigenvalue weighted by atomic mass is 10.1. The van der Waals surface area contributed by atoms with Crippen LogP contribution in [0.1, 0.15) is 23.9 Å².